The van der Waals surface area contributed by atoms with Crippen LogP contribution in [0.5, 0.6) is 0 Å². The molecule has 1 saturated heterocycles. The average Bonchev–Trinajstić information content (AvgIpc) is 2.62. The molecule has 1 rings (SSSR count). The van der Waals surface area contributed by atoms with Gasteiger partial charge < -0.3 is 11.1 Å². The van der Waals surface area contributed by atoms with Gasteiger partial charge in [0, 0.05) is 25.7 Å². The lowest BCUT2D eigenvalue weighted by Gasteiger charge is -2.29. The molecule has 0 aromatic carbocycles. The Balaban J connectivity index is 2.39. The number of carbonyl (C=O) groups excluding carboxylic acids is 1. The summed E-state index contributed by atoms with van der Waals surface area (Å²) < 4.78 is 0. The van der Waals surface area contributed by atoms with E-state index in [0.29, 0.717) is 19.1 Å². The second-order valence-corrected chi connectivity index (χ2v) is 5.26. The first kappa shape index (κ1) is 16.4. The summed E-state index contributed by atoms with van der Waals surface area (Å²) in [5.74, 6) is 0.143. The third-order valence-corrected chi connectivity index (χ3v) is 3.85. The normalized spacial score (nSPS) is 19.9. The first-order valence-corrected chi connectivity index (χ1v) is 7.64. The van der Waals surface area contributed by atoms with Crippen molar-refractivity contribution in [2.75, 3.05) is 45.8 Å². The van der Waals surface area contributed by atoms with Crippen LogP contribution in [0.3, 0.4) is 0 Å². The maximum atomic E-state index is 11.6. The quantitative estimate of drug-likeness (QED) is 0.696. The topological polar surface area (TPSA) is 61.6 Å². The van der Waals surface area contributed by atoms with Gasteiger partial charge in [0.15, 0.2) is 0 Å². The Hall–Kier alpha value is -0.650. The van der Waals surface area contributed by atoms with Crippen LogP contribution in [0, 0.1) is 0 Å². The molecule has 0 spiro atoms. The number of rotatable bonds is 7. The highest BCUT2D eigenvalue weighted by atomic mass is 16.2. The molecule has 0 radical (unpaired) electrons. The summed E-state index contributed by atoms with van der Waals surface area (Å²) >= 11 is 0. The first-order valence-electron chi connectivity index (χ1n) is 7.64. The molecule has 0 aliphatic carbocycles. The maximum Gasteiger partial charge on any atom is 0.234 e. The SMILES string of the molecule is CCNC(=O)CN1CCCN(C(CC)CCN)CC1. The van der Waals surface area contributed by atoms with E-state index in [4.69, 9.17) is 5.73 Å². The average molecular weight is 270 g/mol. The molecule has 3 N–H and O–H groups in total. The minimum Gasteiger partial charge on any atom is -0.355 e. The Kier molecular flexibility index (Phi) is 8.02. The van der Waals surface area contributed by atoms with Gasteiger partial charge in [-0.25, -0.2) is 0 Å². The van der Waals surface area contributed by atoms with E-state index in [1.807, 2.05) is 6.92 Å². The van der Waals surface area contributed by atoms with E-state index < -0.39 is 0 Å². The van der Waals surface area contributed by atoms with Gasteiger partial charge >= 0.3 is 0 Å². The monoisotopic (exact) mass is 270 g/mol. The standard InChI is InChI=1S/C14H30N4O/c1-3-13(6-7-15)18-9-5-8-17(10-11-18)12-14(19)16-4-2/h13H,3-12,15H2,1-2H3,(H,16,19). The molecule has 19 heavy (non-hydrogen) atoms. The van der Waals surface area contributed by atoms with E-state index in [1.54, 1.807) is 0 Å². The molecule has 1 aliphatic rings. The Bertz CT molecular complexity index is 260. The van der Waals surface area contributed by atoms with Gasteiger partial charge in [-0.1, -0.05) is 6.92 Å². The second kappa shape index (κ2) is 9.28. The molecule has 0 saturated carbocycles. The summed E-state index contributed by atoms with van der Waals surface area (Å²) in [6.45, 7) is 10.4. The van der Waals surface area contributed by atoms with E-state index in [-0.39, 0.29) is 5.91 Å². The Morgan fingerprint density at radius 2 is 2.05 bits per heavy atom. The van der Waals surface area contributed by atoms with Crippen LogP contribution in [0.1, 0.15) is 33.1 Å². The molecule has 1 heterocycles. The highest BCUT2D eigenvalue weighted by molar-refractivity contribution is 5.77. The molecule has 0 aromatic rings. The van der Waals surface area contributed by atoms with Crippen molar-refractivity contribution in [3.63, 3.8) is 0 Å². The van der Waals surface area contributed by atoms with Crippen LogP contribution in [0.25, 0.3) is 0 Å². The summed E-state index contributed by atoms with van der Waals surface area (Å²) in [6, 6.07) is 0.606. The summed E-state index contributed by atoms with van der Waals surface area (Å²) in [5, 5.41) is 2.87. The maximum absolute atomic E-state index is 11.6. The van der Waals surface area contributed by atoms with Gasteiger partial charge in [0.2, 0.25) is 5.91 Å². The largest absolute Gasteiger partial charge is 0.355 e. The minimum atomic E-state index is 0.143. The van der Waals surface area contributed by atoms with E-state index in [0.717, 1.165) is 52.0 Å². The van der Waals surface area contributed by atoms with E-state index in [2.05, 4.69) is 22.0 Å². The smallest absolute Gasteiger partial charge is 0.234 e. The predicted octanol–water partition coefficient (Wildman–Crippen LogP) is 0.258. The van der Waals surface area contributed by atoms with E-state index in [9.17, 15) is 4.79 Å². The Morgan fingerprint density at radius 1 is 1.26 bits per heavy atom. The summed E-state index contributed by atoms with van der Waals surface area (Å²) in [7, 11) is 0. The number of amides is 1. The number of nitrogens with zero attached hydrogens (tertiary/aromatic N) is 2. The van der Waals surface area contributed by atoms with Crippen molar-refractivity contribution in [3.05, 3.63) is 0 Å². The van der Waals surface area contributed by atoms with Crippen LogP contribution in [-0.2, 0) is 4.79 Å². The molecule has 0 aromatic heterocycles. The first-order chi connectivity index (χ1) is 9.21. The number of nitrogens with two attached hydrogens (primary N) is 1. The summed E-state index contributed by atoms with van der Waals surface area (Å²) in [6.07, 6.45) is 3.38. The number of carbonyl (C=O) groups is 1. The predicted molar refractivity (Wildman–Crippen MR) is 79.1 cm³/mol. The number of likely N-dealkylation sites (N-methyl/N-ethyl adjacent to an activating group) is 1. The molecule has 1 atom stereocenters. The van der Waals surface area contributed by atoms with Gasteiger partial charge in [0.25, 0.3) is 0 Å². The van der Waals surface area contributed by atoms with Crippen LogP contribution in [-0.4, -0.2) is 67.6 Å². The molecule has 5 nitrogen and oxygen atoms in total. The molecular formula is C14H30N4O. The van der Waals surface area contributed by atoms with Gasteiger partial charge in [0.1, 0.15) is 0 Å². The molecule has 112 valence electrons. The summed E-state index contributed by atoms with van der Waals surface area (Å²) in [4.78, 5) is 16.4. The van der Waals surface area contributed by atoms with Gasteiger partial charge in [-0.05, 0) is 45.8 Å². The number of hydrogen-bond donors (Lipinski definition) is 2. The van der Waals surface area contributed by atoms with Crippen molar-refractivity contribution >= 4 is 5.91 Å². The molecule has 5 heteroatoms. The lowest BCUT2D eigenvalue weighted by Crippen LogP contribution is -2.41. The molecular weight excluding hydrogens is 240 g/mol. The second-order valence-electron chi connectivity index (χ2n) is 5.26. The van der Waals surface area contributed by atoms with Crippen LogP contribution >= 0.6 is 0 Å². The van der Waals surface area contributed by atoms with Crippen LogP contribution in [0.15, 0.2) is 0 Å². The third kappa shape index (κ3) is 5.89. The molecule has 1 amide bonds. The van der Waals surface area contributed by atoms with E-state index in [1.165, 1.54) is 0 Å². The highest BCUT2D eigenvalue weighted by Gasteiger charge is 2.21. The van der Waals surface area contributed by atoms with Crippen molar-refractivity contribution in [1.29, 1.82) is 0 Å². The summed E-state index contributed by atoms with van der Waals surface area (Å²) in [5.41, 5.74) is 5.69. The van der Waals surface area contributed by atoms with Crippen molar-refractivity contribution in [1.82, 2.24) is 15.1 Å². The zero-order valence-electron chi connectivity index (χ0n) is 12.5. The lowest BCUT2D eigenvalue weighted by atomic mass is 10.1. The fourth-order valence-corrected chi connectivity index (χ4v) is 2.81. The Morgan fingerprint density at radius 3 is 2.68 bits per heavy atom. The molecule has 0 bridgehead atoms. The zero-order chi connectivity index (χ0) is 14.1. The van der Waals surface area contributed by atoms with E-state index >= 15 is 0 Å². The fourth-order valence-electron chi connectivity index (χ4n) is 2.81. The fraction of sp³-hybridized carbons (Fsp3) is 0.929. The van der Waals surface area contributed by atoms with Crippen molar-refractivity contribution in [2.24, 2.45) is 5.73 Å². The number of hydrogen-bond acceptors (Lipinski definition) is 4. The van der Waals surface area contributed by atoms with Crippen molar-refractivity contribution < 1.29 is 4.79 Å². The minimum absolute atomic E-state index is 0.143. The number of nitrogens with one attached hydrogen (secondary N) is 1. The molecule has 1 aliphatic heterocycles. The van der Waals surface area contributed by atoms with Crippen LogP contribution in [0.2, 0.25) is 0 Å². The third-order valence-electron chi connectivity index (χ3n) is 3.85. The molecule has 1 fully saturated rings. The molecule has 1 unspecified atom stereocenters. The van der Waals surface area contributed by atoms with Crippen LogP contribution in [0.4, 0.5) is 0 Å². The van der Waals surface area contributed by atoms with Gasteiger partial charge in [0.05, 0.1) is 6.54 Å². The van der Waals surface area contributed by atoms with Gasteiger partial charge in [-0.3, -0.25) is 14.6 Å². The van der Waals surface area contributed by atoms with Crippen molar-refractivity contribution in [3.8, 4) is 0 Å². The Labute approximate surface area is 117 Å². The zero-order valence-corrected chi connectivity index (χ0v) is 12.5. The van der Waals surface area contributed by atoms with Crippen molar-refractivity contribution in [2.45, 2.75) is 39.2 Å². The van der Waals surface area contributed by atoms with Gasteiger partial charge in [-0.15, -0.1) is 0 Å². The lowest BCUT2D eigenvalue weighted by molar-refractivity contribution is -0.122. The van der Waals surface area contributed by atoms with Gasteiger partial charge in [-0.2, -0.15) is 0 Å². The van der Waals surface area contributed by atoms with Crippen LogP contribution < -0.4 is 11.1 Å². The highest BCUT2D eigenvalue weighted by Crippen LogP contribution is 2.12.